The fourth-order valence-corrected chi connectivity index (χ4v) is 4.29. The number of hydrogen-bond acceptors (Lipinski definition) is 4. The summed E-state index contributed by atoms with van der Waals surface area (Å²) in [4.78, 5) is 5.42. The van der Waals surface area contributed by atoms with Crippen molar-refractivity contribution in [2.24, 2.45) is 0 Å². The van der Waals surface area contributed by atoms with Crippen molar-refractivity contribution in [3.05, 3.63) is 21.9 Å². The zero-order chi connectivity index (χ0) is 13.3. The Hall–Kier alpha value is -0.420. The van der Waals surface area contributed by atoms with Crippen LogP contribution in [0.15, 0.2) is 12.1 Å². The lowest BCUT2D eigenvalue weighted by molar-refractivity contribution is -0.0540. The molecule has 0 saturated carbocycles. The van der Waals surface area contributed by atoms with Gasteiger partial charge in [0.2, 0.25) is 0 Å². The molecule has 19 heavy (non-hydrogen) atoms. The summed E-state index contributed by atoms with van der Waals surface area (Å²) in [6.07, 6.45) is 3.78. The van der Waals surface area contributed by atoms with Crippen LogP contribution in [-0.4, -0.2) is 43.4 Å². The van der Waals surface area contributed by atoms with Crippen LogP contribution in [0.3, 0.4) is 0 Å². The summed E-state index contributed by atoms with van der Waals surface area (Å²) in [6.45, 7) is 6.27. The Morgan fingerprint density at radius 2 is 2.42 bits per heavy atom. The highest BCUT2D eigenvalue weighted by Crippen LogP contribution is 2.36. The van der Waals surface area contributed by atoms with Gasteiger partial charge in [0.15, 0.2) is 0 Å². The SMILES string of the molecule is CO[C@H]1CO[C@@]2(CCCN(Cc3ccc(C)s3)C2)C1. The maximum Gasteiger partial charge on any atom is 0.0836 e. The van der Waals surface area contributed by atoms with Crippen LogP contribution in [0.5, 0.6) is 0 Å². The van der Waals surface area contributed by atoms with Gasteiger partial charge >= 0.3 is 0 Å². The van der Waals surface area contributed by atoms with Crippen LogP contribution >= 0.6 is 11.3 Å². The molecule has 106 valence electrons. The molecule has 0 aromatic carbocycles. The summed E-state index contributed by atoms with van der Waals surface area (Å²) < 4.78 is 11.5. The summed E-state index contributed by atoms with van der Waals surface area (Å²) in [5.74, 6) is 0. The molecular weight excluding hydrogens is 258 g/mol. The molecule has 0 amide bonds. The average Bonchev–Trinajstić information content (AvgIpc) is 2.97. The van der Waals surface area contributed by atoms with Crippen molar-refractivity contribution < 1.29 is 9.47 Å². The number of aryl methyl sites for hydroxylation is 1. The van der Waals surface area contributed by atoms with E-state index in [2.05, 4.69) is 24.0 Å². The molecule has 1 aromatic rings. The molecule has 0 unspecified atom stereocenters. The minimum absolute atomic E-state index is 0.0607. The number of piperidine rings is 1. The molecule has 3 rings (SSSR count). The molecule has 4 heteroatoms. The van der Waals surface area contributed by atoms with Gasteiger partial charge in [-0.3, -0.25) is 4.90 Å². The van der Waals surface area contributed by atoms with E-state index in [1.54, 1.807) is 7.11 Å². The monoisotopic (exact) mass is 281 g/mol. The summed E-state index contributed by atoms with van der Waals surface area (Å²) in [7, 11) is 1.79. The number of nitrogens with zero attached hydrogens (tertiary/aromatic N) is 1. The van der Waals surface area contributed by atoms with Crippen molar-refractivity contribution >= 4 is 11.3 Å². The zero-order valence-electron chi connectivity index (χ0n) is 11.9. The van der Waals surface area contributed by atoms with Crippen molar-refractivity contribution in [3.63, 3.8) is 0 Å². The van der Waals surface area contributed by atoms with E-state index in [4.69, 9.17) is 9.47 Å². The lowest BCUT2D eigenvalue weighted by atomic mass is 9.89. The van der Waals surface area contributed by atoms with Gasteiger partial charge in [-0.25, -0.2) is 0 Å². The first-order chi connectivity index (χ1) is 9.19. The van der Waals surface area contributed by atoms with Gasteiger partial charge in [0.1, 0.15) is 0 Å². The van der Waals surface area contributed by atoms with Crippen LogP contribution in [0.25, 0.3) is 0 Å². The van der Waals surface area contributed by atoms with E-state index in [1.807, 2.05) is 11.3 Å². The van der Waals surface area contributed by atoms with Crippen LogP contribution < -0.4 is 0 Å². The number of likely N-dealkylation sites (tertiary alicyclic amines) is 1. The van der Waals surface area contributed by atoms with Gasteiger partial charge in [0.05, 0.1) is 18.3 Å². The van der Waals surface area contributed by atoms with Gasteiger partial charge in [0, 0.05) is 36.4 Å². The fourth-order valence-electron chi connectivity index (χ4n) is 3.35. The van der Waals surface area contributed by atoms with Crippen LogP contribution in [0.1, 0.15) is 29.0 Å². The second-order valence-electron chi connectivity index (χ2n) is 5.88. The third-order valence-electron chi connectivity index (χ3n) is 4.30. The summed E-state index contributed by atoms with van der Waals surface area (Å²) >= 11 is 1.91. The molecule has 2 aliphatic heterocycles. The van der Waals surface area contributed by atoms with Gasteiger partial charge in [-0.15, -0.1) is 11.3 Å². The minimum atomic E-state index is 0.0607. The summed E-state index contributed by atoms with van der Waals surface area (Å²) in [5.41, 5.74) is 0.0607. The highest BCUT2D eigenvalue weighted by atomic mass is 32.1. The van der Waals surface area contributed by atoms with Crippen LogP contribution in [-0.2, 0) is 16.0 Å². The van der Waals surface area contributed by atoms with E-state index in [0.717, 1.165) is 26.1 Å². The van der Waals surface area contributed by atoms with Gasteiger partial charge in [0.25, 0.3) is 0 Å². The second-order valence-corrected chi connectivity index (χ2v) is 7.25. The number of ether oxygens (including phenoxy) is 2. The first-order valence-electron chi connectivity index (χ1n) is 7.14. The predicted molar refractivity (Wildman–Crippen MR) is 77.7 cm³/mol. The molecule has 0 bridgehead atoms. The van der Waals surface area contributed by atoms with Crippen molar-refractivity contribution in [3.8, 4) is 0 Å². The summed E-state index contributed by atoms with van der Waals surface area (Å²) in [6, 6.07) is 4.47. The number of hydrogen-bond donors (Lipinski definition) is 0. The smallest absolute Gasteiger partial charge is 0.0836 e. The Labute approximate surface area is 119 Å². The topological polar surface area (TPSA) is 21.7 Å². The van der Waals surface area contributed by atoms with E-state index in [9.17, 15) is 0 Å². The lowest BCUT2D eigenvalue weighted by Crippen LogP contribution is -2.47. The van der Waals surface area contributed by atoms with Crippen LogP contribution in [0, 0.1) is 6.92 Å². The van der Waals surface area contributed by atoms with E-state index in [0.29, 0.717) is 6.10 Å². The molecular formula is C15H23NO2S. The molecule has 1 aromatic heterocycles. The molecule has 2 saturated heterocycles. The molecule has 0 aliphatic carbocycles. The second kappa shape index (κ2) is 5.52. The Morgan fingerprint density at radius 3 is 3.11 bits per heavy atom. The molecule has 0 N–H and O–H groups in total. The van der Waals surface area contributed by atoms with Crippen molar-refractivity contribution in [2.45, 2.75) is 44.4 Å². The number of rotatable bonds is 3. The third-order valence-corrected chi connectivity index (χ3v) is 5.29. The standard InChI is InChI=1S/C15H23NO2S/c1-12-4-5-14(19-12)9-16-7-3-6-15(11-16)8-13(17-2)10-18-15/h4-5,13H,3,6-11H2,1-2H3/t13-,15+/m1/s1. The molecule has 2 fully saturated rings. The van der Waals surface area contributed by atoms with E-state index in [1.165, 1.54) is 29.1 Å². The van der Waals surface area contributed by atoms with Crippen molar-refractivity contribution in [1.29, 1.82) is 0 Å². The maximum absolute atomic E-state index is 6.09. The van der Waals surface area contributed by atoms with Crippen molar-refractivity contribution in [1.82, 2.24) is 4.90 Å². The Bertz CT molecular complexity index is 434. The minimum Gasteiger partial charge on any atom is -0.379 e. The molecule has 3 nitrogen and oxygen atoms in total. The van der Waals surface area contributed by atoms with Crippen LogP contribution in [0.2, 0.25) is 0 Å². The fraction of sp³-hybridized carbons (Fsp3) is 0.733. The Kier molecular flexibility index (Phi) is 3.94. The maximum atomic E-state index is 6.09. The third kappa shape index (κ3) is 3.02. The molecule has 2 aliphatic rings. The first kappa shape index (κ1) is 13.6. The number of methoxy groups -OCH3 is 1. The summed E-state index contributed by atoms with van der Waals surface area (Å²) in [5, 5.41) is 0. The van der Waals surface area contributed by atoms with Gasteiger partial charge in [-0.2, -0.15) is 0 Å². The van der Waals surface area contributed by atoms with Gasteiger partial charge in [-0.1, -0.05) is 0 Å². The largest absolute Gasteiger partial charge is 0.379 e. The van der Waals surface area contributed by atoms with Crippen LogP contribution in [0.4, 0.5) is 0 Å². The highest BCUT2D eigenvalue weighted by molar-refractivity contribution is 7.11. The molecule has 3 heterocycles. The Morgan fingerprint density at radius 1 is 1.53 bits per heavy atom. The number of thiophene rings is 1. The van der Waals surface area contributed by atoms with E-state index in [-0.39, 0.29) is 5.60 Å². The van der Waals surface area contributed by atoms with E-state index >= 15 is 0 Å². The highest BCUT2D eigenvalue weighted by Gasteiger charge is 2.43. The molecule has 0 radical (unpaired) electrons. The van der Waals surface area contributed by atoms with Crippen molar-refractivity contribution in [2.75, 3.05) is 26.8 Å². The molecule has 2 atom stereocenters. The first-order valence-corrected chi connectivity index (χ1v) is 7.95. The normalized spacial score (nSPS) is 32.2. The van der Waals surface area contributed by atoms with Gasteiger partial charge < -0.3 is 9.47 Å². The zero-order valence-corrected chi connectivity index (χ0v) is 12.7. The van der Waals surface area contributed by atoms with E-state index < -0.39 is 0 Å². The lowest BCUT2D eigenvalue weighted by Gasteiger charge is -2.39. The quantitative estimate of drug-likeness (QED) is 0.850. The Balaban J connectivity index is 1.62. The average molecular weight is 281 g/mol. The van der Waals surface area contributed by atoms with Gasteiger partial charge in [-0.05, 0) is 38.4 Å². The predicted octanol–water partition coefficient (Wildman–Crippen LogP) is 2.83. The molecule has 1 spiro atoms.